The summed E-state index contributed by atoms with van der Waals surface area (Å²) in [4.78, 5) is 128. The first-order valence-corrected chi connectivity index (χ1v) is 55.1. The maximum Gasteiger partial charge on any atom is 0.414 e. The van der Waals surface area contributed by atoms with Crippen molar-refractivity contribution in [3.05, 3.63) is 222 Å². The molecule has 0 amide bonds. The molecule has 20 atom stereocenters. The Bertz CT molecular complexity index is 6310. The number of rotatable bonds is 33. The summed E-state index contributed by atoms with van der Waals surface area (Å²) in [5.41, 5.74) is 13.4. The fraction of sp³-hybridized carbons (Fsp3) is 0.506. The predicted octanol–water partition coefficient (Wildman–Crippen LogP) is 13.2. The molecule has 45 nitrogen and oxygen atoms in total. The van der Waals surface area contributed by atoms with Gasteiger partial charge < -0.3 is 89.5 Å². The van der Waals surface area contributed by atoms with Crippen LogP contribution in [0.1, 0.15) is 181 Å². The smallest absolute Gasteiger partial charge is 0.414 e. The van der Waals surface area contributed by atoms with E-state index in [-0.39, 0.29) is 86.0 Å². The zero-order valence-electron chi connectivity index (χ0n) is 77.2. The number of halogens is 5. The van der Waals surface area contributed by atoms with Crippen molar-refractivity contribution in [3.63, 3.8) is 0 Å². The average Bonchev–Trinajstić information content (AvgIpc) is 1.61. The number of fused-ring (bicyclic) bond motifs is 10. The first-order valence-electron chi connectivity index (χ1n) is 44.8. The Morgan fingerprint density at radius 1 is 0.490 bits per heavy atom. The molecule has 10 aromatic rings. The molecule has 4 aromatic carbocycles. The van der Waals surface area contributed by atoms with Crippen LogP contribution in [0.5, 0.6) is 11.5 Å². The molecule has 16 rings (SSSR count). The molecular formula is C89H123F4IN17O28P4S2+. The number of nitrogens with one attached hydrogen (secondary N) is 2. The van der Waals surface area contributed by atoms with E-state index >= 15 is 17.6 Å². The van der Waals surface area contributed by atoms with E-state index in [0.29, 0.717) is 39.1 Å². The number of nitrogens with zero attached hydrogens (tertiary/aromatic N) is 10. The van der Waals surface area contributed by atoms with Gasteiger partial charge in [-0.05, 0) is 134 Å². The van der Waals surface area contributed by atoms with Crippen molar-refractivity contribution in [1.29, 1.82) is 0 Å². The third-order valence-corrected chi connectivity index (χ3v) is 31.5. The van der Waals surface area contributed by atoms with E-state index in [1.807, 2.05) is 70.6 Å². The van der Waals surface area contributed by atoms with Gasteiger partial charge in [-0.2, -0.15) is 0 Å². The number of phosphoric ester groups is 2. The van der Waals surface area contributed by atoms with E-state index in [9.17, 15) is 57.5 Å². The van der Waals surface area contributed by atoms with Crippen LogP contribution in [0.25, 0.3) is 22.3 Å². The molecule has 798 valence electrons. The normalized spacial score (nSPS) is 27.1. The maximum atomic E-state index is 16.5. The predicted molar refractivity (Wildman–Crippen MR) is 534 cm³/mol. The highest BCUT2D eigenvalue weighted by molar-refractivity contribution is 14.1. The molecule has 8 bridgehead atoms. The lowest BCUT2D eigenvalue weighted by molar-refractivity contribution is -0.781. The second-order valence-corrected chi connectivity index (χ2v) is 43.6. The lowest BCUT2D eigenvalue weighted by Gasteiger charge is -2.30. The first-order chi connectivity index (χ1) is 67.3. The summed E-state index contributed by atoms with van der Waals surface area (Å²) in [6.07, 6.45) is -8.11. The molecule has 4 unspecified atom stereocenters. The van der Waals surface area contributed by atoms with Gasteiger partial charge in [0.25, 0.3) is 26.8 Å². The molecule has 0 saturated carbocycles. The number of hydrogen-bond donors (Lipinski definition) is 8. The molecule has 6 fully saturated rings. The van der Waals surface area contributed by atoms with Gasteiger partial charge in [-0.1, -0.05) is 146 Å². The van der Waals surface area contributed by atoms with Crippen LogP contribution in [0.4, 0.5) is 29.2 Å². The van der Waals surface area contributed by atoms with Crippen molar-refractivity contribution >= 4 is 121 Å². The third kappa shape index (κ3) is 31.5. The van der Waals surface area contributed by atoms with Gasteiger partial charge in [0.1, 0.15) is 84.0 Å². The van der Waals surface area contributed by atoms with Crippen molar-refractivity contribution in [3.8, 4) is 11.5 Å². The highest BCUT2D eigenvalue weighted by atomic mass is 127. The number of ether oxygens (including phenoxy) is 8. The van der Waals surface area contributed by atoms with Crippen LogP contribution < -0.4 is 70.8 Å². The van der Waals surface area contributed by atoms with Gasteiger partial charge in [0.05, 0.1) is 50.2 Å². The van der Waals surface area contributed by atoms with Gasteiger partial charge in [-0.3, -0.25) is 65.1 Å². The van der Waals surface area contributed by atoms with Crippen molar-refractivity contribution in [1.82, 2.24) is 70.4 Å². The SMILES string of the molecule is C.C.C.CCCCCOCCCCCc1ccc(C(=O)Oc2ccc(CI)cc2)cc1.CCCCCOCCCCCc1ccc(C(=O)Oc2ccc(CSP3(=O)OC[C@H]4O[C@@H](n5cnc6c(N)ncnc65)[C@H](OP(=O)([O-])OC[C@H]5O[C@@H](n6ccc(=O)[nH]c6=O)[C@H](O3)[C@@H]5F)[C@@H]4F)cc2)cc1.Nc1ncnc2c1ncn2[C@@H]1O[C@@H]2COP(=S)([NH2+]O)O[C@@H]3[C@H](F)[C@@H](COP(=O)([O-])O[C@@H]1[C@@H]2F)O[C@H]3n1ccc(=O)[nH]c1=O.[NH4+].[NH4+]. The number of anilines is 2. The first kappa shape index (κ1) is 120. The fourth-order valence-corrected chi connectivity index (χ4v) is 22.8. The number of quaternary nitrogens is 3. The van der Waals surface area contributed by atoms with Gasteiger partial charge in [0.2, 0.25) is 0 Å². The molecule has 0 radical (unpaired) electrons. The zero-order chi connectivity index (χ0) is 99.4. The standard InChI is InChI=1S/C43H51F2N7O14P2S.C24H31IO3.C19H22F2N8O11P2S.3CH4.2H3N/c1-2-3-6-19-59-20-7-4-5-8-26-9-13-28(14-10-26)42(54)62-29-15-11-27(12-16-29)23-69-68(58)61-22-31-33(44)36(41(64-31)52-25-49-35-38(46)47-24-48-39(35)52)65-67(56,57)60-21-30-34(45)37(66-68)40(63-30)51-18-17-32(53)50-43(51)55;1-2-3-6-17-27-18-7-4-5-8-20-9-13-22(14-10-20)24(26)28-23-15-11-21(19-25)12-16-23;20-10-8-4-36-42(33,34)40-14-11(21)7(38-18(14)29-6-25-12-15(22)23-5-24-16(12)29)3-35-41(43,27-32)39-13(10)17(37-8)28-2-1-9(30)26-19(28)31;;;;;/h9-18,24-25,30-31,33-34,36-37,40-41H,2-8,19-23H2,1H3,(H,56,57)(H2,46,47,48)(H,50,53,55);9-16H,2-8,17-19H2,1H3;1-2,5-8,10-11,13-14,17-18,32H,3-4H2,(H,27,43)(H,33,34)(H2,22,23,24)(H,26,30,31);3*1H4;2*1H3/p+1/t30-,31-,33-,34-,36-,37-,40-,41-,68?;;7-,8-,10-,11-,13-,14-,17-,18-,41?;;;;;/m1.1...../s1. The molecule has 6 aliphatic rings. The number of nitrogen functional groups attached to an aromatic ring is 2. The van der Waals surface area contributed by atoms with Gasteiger partial charge in [0, 0.05) is 72.9 Å². The maximum absolute atomic E-state index is 16.5. The van der Waals surface area contributed by atoms with E-state index in [0.717, 1.165) is 151 Å². The van der Waals surface area contributed by atoms with Crippen LogP contribution >= 0.6 is 63.1 Å². The Morgan fingerprint density at radius 2 is 0.848 bits per heavy atom. The van der Waals surface area contributed by atoms with Crippen LogP contribution in [-0.4, -0.2) is 202 Å². The number of carbonyl (C=O) groups excluding carboxylic acids is 2. The van der Waals surface area contributed by atoms with E-state index in [1.165, 1.54) is 66.4 Å². The zero-order valence-corrected chi connectivity index (χ0v) is 84.6. The molecule has 6 aliphatic heterocycles. The second-order valence-electron chi connectivity index (χ2n) is 32.8. The van der Waals surface area contributed by atoms with E-state index in [2.05, 4.69) is 66.3 Å². The number of phosphoric acid groups is 2. The summed E-state index contributed by atoms with van der Waals surface area (Å²) in [5, 5.41) is 10.3. The number of imidazole rings is 2. The van der Waals surface area contributed by atoms with Gasteiger partial charge in [-0.15, -0.1) is 5.25 Å². The monoisotopic (exact) mass is 2270 g/mol. The molecule has 17 N–H and O–H groups in total. The number of esters is 2. The Kier molecular flexibility index (Phi) is 46.0. The Labute approximate surface area is 853 Å². The highest BCUT2D eigenvalue weighted by Gasteiger charge is 2.57. The van der Waals surface area contributed by atoms with Gasteiger partial charge in [0.15, 0.2) is 72.5 Å². The van der Waals surface area contributed by atoms with Crippen LogP contribution in [0.3, 0.4) is 0 Å². The summed E-state index contributed by atoms with van der Waals surface area (Å²) in [5.74, 6) is -0.293. The summed E-state index contributed by atoms with van der Waals surface area (Å²) in [7, 11) is -10.9. The summed E-state index contributed by atoms with van der Waals surface area (Å²) < 4.78 is 199. The molecule has 0 spiro atoms. The van der Waals surface area contributed by atoms with Crippen LogP contribution in [0.15, 0.2) is 166 Å². The molecular weight excluding hydrogens is 2150 g/mol. The number of nitrogens with two attached hydrogens (primary N) is 3. The molecule has 6 aromatic heterocycles. The van der Waals surface area contributed by atoms with E-state index < -0.39 is 182 Å². The number of H-pyrrole nitrogens is 2. The number of benzene rings is 4. The molecule has 0 aliphatic carbocycles. The number of aromatic nitrogens is 12. The van der Waals surface area contributed by atoms with Gasteiger partial charge >= 0.3 is 36.8 Å². The molecule has 145 heavy (non-hydrogen) atoms. The summed E-state index contributed by atoms with van der Waals surface area (Å²) >= 11 is 8.18. The Balaban J connectivity index is 0.000000263. The van der Waals surface area contributed by atoms with Crippen LogP contribution in [0, 0.1) is 0 Å². The summed E-state index contributed by atoms with van der Waals surface area (Å²) in [6.45, 7) is -4.72. The number of carbonyl (C=O) groups is 2. The molecule has 6 saturated heterocycles. The van der Waals surface area contributed by atoms with Crippen LogP contribution in [-0.2, 0) is 113 Å². The number of hydrogen-bond acceptors (Lipinski definition) is 38. The van der Waals surface area contributed by atoms with Crippen molar-refractivity contribution in [2.75, 3.05) is 64.3 Å². The van der Waals surface area contributed by atoms with Crippen molar-refractivity contribution in [2.24, 2.45) is 0 Å². The highest BCUT2D eigenvalue weighted by Crippen LogP contribution is 2.65. The number of unbranched alkanes of at least 4 members (excludes halogenated alkanes) is 8. The molecule has 12 heterocycles. The number of aryl methyl sites for hydroxylation is 2. The quantitative estimate of drug-likeness (QED) is 0.00277. The second kappa shape index (κ2) is 55.7. The van der Waals surface area contributed by atoms with Crippen molar-refractivity contribution in [2.45, 2.75) is 235 Å². The van der Waals surface area contributed by atoms with Gasteiger partial charge in [-0.25, -0.2) is 76.4 Å². The minimum absolute atomic E-state index is 0. The van der Waals surface area contributed by atoms with E-state index in [4.69, 9.17) is 97.4 Å². The lowest BCUT2D eigenvalue weighted by atomic mass is 10.1. The topological polar surface area (TPSA) is 638 Å². The Morgan fingerprint density at radius 3 is 1.23 bits per heavy atom. The van der Waals surface area contributed by atoms with Crippen molar-refractivity contribution < 1.29 is 135 Å². The van der Waals surface area contributed by atoms with E-state index in [1.54, 1.807) is 24.3 Å². The largest absolute Gasteiger partial charge is 0.756 e. The van der Waals surface area contributed by atoms with Crippen LogP contribution in [0.2, 0.25) is 0 Å². The number of alkyl halides is 5. The summed E-state index contributed by atoms with van der Waals surface area (Å²) in [6, 6.07) is 30.7. The lowest BCUT2D eigenvalue weighted by Crippen LogP contribution is -2.76. The molecule has 56 heteroatoms. The number of aromatic amines is 2. The fourth-order valence-electron chi connectivity index (χ4n) is 15.5. The Hall–Kier alpha value is -8.78. The average molecular weight is 2270 g/mol. The minimum atomic E-state index is -5.53. The third-order valence-electron chi connectivity index (χ3n) is 22.9. The minimum Gasteiger partial charge on any atom is -0.756 e.